The molecule has 0 aromatic rings. The molecule has 0 aromatic carbocycles. The largest absolute Gasteiger partial charge is 2.00 e. The van der Waals surface area contributed by atoms with Crippen LogP contribution in [0.3, 0.4) is 0 Å². The summed E-state index contributed by atoms with van der Waals surface area (Å²) < 4.78 is 0. The molecule has 0 fully saturated rings. The first-order valence-corrected chi connectivity index (χ1v) is 2.74. The number of rotatable bonds is 4. The molecule has 0 aliphatic carbocycles. The van der Waals surface area contributed by atoms with Gasteiger partial charge in [-0.3, -0.25) is 9.59 Å². The molecular formula is C5H11BaNO4. The van der Waals surface area contributed by atoms with Gasteiger partial charge in [0.25, 0.3) is 0 Å². The molecule has 0 spiro atoms. The molecule has 62 valence electrons. The fraction of sp³-hybridized carbons (Fsp3) is 0.600. The molecule has 0 amide bonds. The number of nitrogens with two attached hydrogens (primary N) is 1. The number of carboxylic acids is 2. The summed E-state index contributed by atoms with van der Waals surface area (Å²) in [6, 6.07) is -1.06. The number of hydrogen-bond acceptors (Lipinski definition) is 3. The zero-order chi connectivity index (χ0) is 8.15. The first kappa shape index (κ1) is 14.0. The summed E-state index contributed by atoms with van der Waals surface area (Å²) in [4.78, 5) is 19.9. The summed E-state index contributed by atoms with van der Waals surface area (Å²) in [7, 11) is 0. The molecule has 0 radical (unpaired) electrons. The van der Waals surface area contributed by atoms with Crippen molar-refractivity contribution >= 4 is 60.8 Å². The summed E-state index contributed by atoms with van der Waals surface area (Å²) in [6.07, 6.45) is -0.224. The van der Waals surface area contributed by atoms with Gasteiger partial charge in [0.05, 0.1) is 0 Å². The monoisotopic (exact) mass is 287 g/mol. The average molecular weight is 286 g/mol. The molecule has 11 heavy (non-hydrogen) atoms. The second-order valence-electron chi connectivity index (χ2n) is 1.88. The van der Waals surface area contributed by atoms with Gasteiger partial charge in [0.1, 0.15) is 6.04 Å². The molecule has 0 saturated heterocycles. The van der Waals surface area contributed by atoms with Gasteiger partial charge in [0.2, 0.25) is 0 Å². The van der Waals surface area contributed by atoms with E-state index in [1.54, 1.807) is 0 Å². The normalized spacial score (nSPS) is 11.4. The van der Waals surface area contributed by atoms with Gasteiger partial charge in [-0.2, -0.15) is 0 Å². The van der Waals surface area contributed by atoms with E-state index >= 15 is 0 Å². The number of aliphatic carboxylic acids is 2. The Morgan fingerprint density at radius 2 is 1.91 bits per heavy atom. The Labute approximate surface area is 107 Å². The predicted molar refractivity (Wildman–Crippen MR) is 40.5 cm³/mol. The Hall–Kier alpha value is 0.471. The molecule has 4 N–H and O–H groups in total. The van der Waals surface area contributed by atoms with Crippen LogP contribution < -0.4 is 5.73 Å². The molecule has 6 heteroatoms. The van der Waals surface area contributed by atoms with Crippen molar-refractivity contribution in [2.45, 2.75) is 18.9 Å². The quantitative estimate of drug-likeness (QED) is 0.582. The van der Waals surface area contributed by atoms with Crippen molar-refractivity contribution in [3.63, 3.8) is 0 Å². The fourth-order valence-electron chi connectivity index (χ4n) is 0.402. The smallest absolute Gasteiger partial charge is 1.00 e. The van der Waals surface area contributed by atoms with E-state index in [1.807, 2.05) is 0 Å². The van der Waals surface area contributed by atoms with E-state index < -0.39 is 18.0 Å². The van der Waals surface area contributed by atoms with Crippen molar-refractivity contribution < 1.29 is 22.7 Å². The van der Waals surface area contributed by atoms with E-state index in [0.29, 0.717) is 0 Å². The van der Waals surface area contributed by atoms with Crippen molar-refractivity contribution in [3.05, 3.63) is 0 Å². The summed E-state index contributed by atoms with van der Waals surface area (Å²) in [5.74, 6) is -2.20. The van der Waals surface area contributed by atoms with Crippen LogP contribution in [-0.2, 0) is 9.59 Å². The van der Waals surface area contributed by atoms with Crippen LogP contribution in [0.15, 0.2) is 0 Å². The van der Waals surface area contributed by atoms with Crippen LogP contribution in [-0.4, -0.2) is 77.1 Å². The van der Waals surface area contributed by atoms with E-state index in [4.69, 9.17) is 15.9 Å². The van der Waals surface area contributed by atoms with E-state index in [-0.39, 0.29) is 64.6 Å². The van der Waals surface area contributed by atoms with Crippen LogP contribution in [0.5, 0.6) is 0 Å². The zero-order valence-electron chi connectivity index (χ0n) is 7.99. The number of carboxylic acid groups (broad SMARTS) is 2. The first-order valence-electron chi connectivity index (χ1n) is 2.74. The van der Waals surface area contributed by atoms with Crippen molar-refractivity contribution in [2.24, 2.45) is 5.73 Å². The van der Waals surface area contributed by atoms with Crippen molar-refractivity contribution in [2.75, 3.05) is 0 Å². The summed E-state index contributed by atoms with van der Waals surface area (Å²) in [5.41, 5.74) is 5.00. The van der Waals surface area contributed by atoms with Crippen LogP contribution in [0.1, 0.15) is 15.7 Å². The minimum Gasteiger partial charge on any atom is -1.00 e. The molecule has 0 rings (SSSR count). The van der Waals surface area contributed by atoms with E-state index in [0.717, 1.165) is 0 Å². The zero-order valence-corrected chi connectivity index (χ0v) is 10.4. The van der Waals surface area contributed by atoms with Gasteiger partial charge < -0.3 is 18.8 Å². The van der Waals surface area contributed by atoms with Gasteiger partial charge in [-0.05, 0) is 6.42 Å². The fourth-order valence-corrected chi connectivity index (χ4v) is 0.402. The molecule has 0 heterocycles. The van der Waals surface area contributed by atoms with Crippen LogP contribution in [0.2, 0.25) is 0 Å². The molecule has 0 aliphatic heterocycles. The van der Waals surface area contributed by atoms with E-state index in [9.17, 15) is 9.59 Å². The minimum absolute atomic E-state index is 0. The molecular weight excluding hydrogens is 275 g/mol. The first-order chi connectivity index (χ1) is 4.54. The van der Waals surface area contributed by atoms with E-state index in [1.165, 1.54) is 0 Å². The Morgan fingerprint density at radius 3 is 2.18 bits per heavy atom. The topological polar surface area (TPSA) is 101 Å². The molecule has 1 atom stereocenters. The van der Waals surface area contributed by atoms with Gasteiger partial charge in [-0.1, -0.05) is 0 Å². The third-order valence-electron chi connectivity index (χ3n) is 0.986. The Morgan fingerprint density at radius 1 is 1.45 bits per heavy atom. The standard InChI is InChI=1S/C5H9NO4.Ba.2H/c6-3(5(9)10)1-2-4(7)8;;;/h3H,1-2,6H2,(H,7,8)(H,9,10);;;/q;+2;2*-1/t3-;;;/m0.../s1. The van der Waals surface area contributed by atoms with Crippen molar-refractivity contribution in [1.82, 2.24) is 0 Å². The SMILES string of the molecule is N[C@@H](CCC(=O)O)C(=O)O.[Ba+2].[H-].[H-]. The van der Waals surface area contributed by atoms with Crippen molar-refractivity contribution in [3.8, 4) is 0 Å². The third kappa shape index (κ3) is 8.38. The van der Waals surface area contributed by atoms with Crippen LogP contribution >= 0.6 is 0 Å². The Bertz CT molecular complexity index is 157. The summed E-state index contributed by atoms with van der Waals surface area (Å²) in [5, 5.41) is 16.3. The predicted octanol–water partition coefficient (Wildman–Crippen LogP) is -0.893. The number of hydrogen-bond donors (Lipinski definition) is 3. The second kappa shape index (κ2) is 7.14. The Balaban J connectivity index is -0.000000135. The molecule has 0 bridgehead atoms. The molecule has 0 aromatic heterocycles. The maximum atomic E-state index is 9.99. The van der Waals surface area contributed by atoms with Crippen LogP contribution in [0.4, 0.5) is 0 Å². The van der Waals surface area contributed by atoms with Gasteiger partial charge >= 0.3 is 60.8 Å². The van der Waals surface area contributed by atoms with Crippen molar-refractivity contribution in [1.29, 1.82) is 0 Å². The molecule has 0 unspecified atom stereocenters. The van der Waals surface area contributed by atoms with Crippen LogP contribution in [0, 0.1) is 0 Å². The second-order valence-corrected chi connectivity index (χ2v) is 1.88. The molecule has 0 saturated carbocycles. The summed E-state index contributed by atoms with van der Waals surface area (Å²) in [6.45, 7) is 0. The average Bonchev–Trinajstić information content (AvgIpc) is 1.82. The molecule has 5 nitrogen and oxygen atoms in total. The molecule has 0 aliphatic rings. The van der Waals surface area contributed by atoms with Gasteiger partial charge in [0, 0.05) is 6.42 Å². The number of carbonyl (C=O) groups is 2. The van der Waals surface area contributed by atoms with Crippen LogP contribution in [0.25, 0.3) is 0 Å². The van der Waals surface area contributed by atoms with Gasteiger partial charge in [0.15, 0.2) is 0 Å². The van der Waals surface area contributed by atoms with Gasteiger partial charge in [-0.15, -0.1) is 0 Å². The minimum atomic E-state index is -1.17. The maximum Gasteiger partial charge on any atom is 2.00 e. The van der Waals surface area contributed by atoms with Gasteiger partial charge in [-0.25, -0.2) is 0 Å². The third-order valence-corrected chi connectivity index (χ3v) is 0.986. The summed E-state index contributed by atoms with van der Waals surface area (Å²) >= 11 is 0. The Kier molecular flexibility index (Phi) is 9.10. The maximum absolute atomic E-state index is 9.99. The van der Waals surface area contributed by atoms with E-state index in [2.05, 4.69) is 0 Å².